The molecule has 0 radical (unpaired) electrons. The summed E-state index contributed by atoms with van der Waals surface area (Å²) in [5, 5.41) is 6.73. The van der Waals surface area contributed by atoms with Crippen LogP contribution in [0.5, 0.6) is 0 Å². The molecule has 8 heteroatoms. The molecule has 2 aliphatic rings. The summed E-state index contributed by atoms with van der Waals surface area (Å²) in [5.74, 6) is 2.08. The van der Waals surface area contributed by atoms with Crippen LogP contribution in [0.25, 0.3) is 0 Å². The molecule has 1 aliphatic carbocycles. The molecule has 1 atom stereocenters. The summed E-state index contributed by atoms with van der Waals surface area (Å²) in [7, 11) is 5.53. The van der Waals surface area contributed by atoms with E-state index in [4.69, 9.17) is 14.5 Å². The average molecular weight is 437 g/mol. The summed E-state index contributed by atoms with van der Waals surface area (Å²) < 4.78 is 10.9. The second-order valence-corrected chi connectivity index (χ2v) is 8.23. The Morgan fingerprint density at radius 2 is 1.78 bits per heavy atom. The lowest BCUT2D eigenvalue weighted by atomic mass is 10.1. The third kappa shape index (κ3) is 5.38. The van der Waals surface area contributed by atoms with Gasteiger partial charge >= 0.3 is 0 Å². The summed E-state index contributed by atoms with van der Waals surface area (Å²) >= 11 is 0. The van der Waals surface area contributed by atoms with E-state index in [0.717, 1.165) is 61.1 Å². The molecular weight excluding hydrogens is 404 g/mol. The van der Waals surface area contributed by atoms with Crippen LogP contribution in [0, 0.1) is 6.92 Å². The Kier molecular flexibility index (Phi) is 6.92. The first kappa shape index (κ1) is 22.1. The Labute approximate surface area is 189 Å². The van der Waals surface area contributed by atoms with Gasteiger partial charge < -0.3 is 29.9 Å². The minimum atomic E-state index is -0.0315. The summed E-state index contributed by atoms with van der Waals surface area (Å²) in [6, 6.07) is 8.45. The fourth-order valence-electron chi connectivity index (χ4n) is 3.83. The molecule has 0 amide bonds. The van der Waals surface area contributed by atoms with E-state index in [2.05, 4.69) is 56.7 Å². The summed E-state index contributed by atoms with van der Waals surface area (Å²) in [4.78, 5) is 13.9. The van der Waals surface area contributed by atoms with E-state index in [9.17, 15) is 0 Å². The summed E-state index contributed by atoms with van der Waals surface area (Å²) in [5.41, 5.74) is 4.15. The van der Waals surface area contributed by atoms with Gasteiger partial charge in [-0.2, -0.15) is 4.98 Å². The molecule has 2 N–H and O–H groups in total. The van der Waals surface area contributed by atoms with Gasteiger partial charge in [-0.05, 0) is 50.4 Å². The van der Waals surface area contributed by atoms with Crippen LogP contribution in [-0.4, -0.2) is 68.4 Å². The molecule has 4 rings (SSSR count). The standard InChI is InChI=1S/C24H32N6O2/c1-17-16-25-24(28-23(17)26-19-13-21(31-3)15-22(14-19)32-4)27-18-5-7-20(8-6-18)30-11-9-29(2)10-12-30/h5-8,13,15-16,22H,9-12,14H2,1-4H3,(H2,25,26,27,28). The maximum Gasteiger partial charge on any atom is 0.229 e. The van der Waals surface area contributed by atoms with Gasteiger partial charge in [0, 0.05) is 68.5 Å². The molecule has 1 unspecified atom stereocenters. The first-order chi connectivity index (χ1) is 15.5. The van der Waals surface area contributed by atoms with Crippen LogP contribution < -0.4 is 15.5 Å². The molecule has 8 nitrogen and oxygen atoms in total. The number of piperazine rings is 1. The lowest BCUT2D eigenvalue weighted by Gasteiger charge is -2.34. The summed E-state index contributed by atoms with van der Waals surface area (Å²) in [6.07, 6.45) is 6.46. The van der Waals surface area contributed by atoms with Gasteiger partial charge in [-0.25, -0.2) is 4.98 Å². The van der Waals surface area contributed by atoms with E-state index < -0.39 is 0 Å². The quantitative estimate of drug-likeness (QED) is 0.683. The van der Waals surface area contributed by atoms with Gasteiger partial charge in [0.25, 0.3) is 0 Å². The van der Waals surface area contributed by atoms with E-state index >= 15 is 0 Å². The highest BCUT2D eigenvalue weighted by molar-refractivity contribution is 5.61. The van der Waals surface area contributed by atoms with Crippen molar-refractivity contribution in [1.29, 1.82) is 0 Å². The molecule has 0 spiro atoms. The molecule has 2 aromatic rings. The van der Waals surface area contributed by atoms with E-state index in [1.165, 1.54) is 5.69 Å². The smallest absolute Gasteiger partial charge is 0.229 e. The van der Waals surface area contributed by atoms with Crippen molar-refractivity contribution >= 4 is 23.1 Å². The number of aromatic nitrogens is 2. The first-order valence-corrected chi connectivity index (χ1v) is 10.9. The van der Waals surface area contributed by atoms with Crippen molar-refractivity contribution in [2.24, 2.45) is 0 Å². The van der Waals surface area contributed by atoms with Crippen LogP contribution in [0.2, 0.25) is 0 Å². The van der Waals surface area contributed by atoms with Gasteiger partial charge in [-0.15, -0.1) is 0 Å². The van der Waals surface area contributed by atoms with Crippen molar-refractivity contribution in [1.82, 2.24) is 14.9 Å². The van der Waals surface area contributed by atoms with Gasteiger partial charge in [-0.3, -0.25) is 0 Å². The van der Waals surface area contributed by atoms with Crippen molar-refractivity contribution in [3.63, 3.8) is 0 Å². The maximum absolute atomic E-state index is 5.49. The average Bonchev–Trinajstić information content (AvgIpc) is 2.82. The Morgan fingerprint density at radius 3 is 2.47 bits per heavy atom. The highest BCUT2D eigenvalue weighted by Crippen LogP contribution is 2.25. The zero-order valence-electron chi connectivity index (χ0n) is 19.3. The number of aryl methyl sites for hydroxylation is 1. The molecule has 1 saturated heterocycles. The Balaban J connectivity index is 1.44. The molecule has 1 fully saturated rings. The predicted octanol–water partition coefficient (Wildman–Crippen LogP) is 3.53. The number of methoxy groups -OCH3 is 2. The molecule has 1 aromatic heterocycles. The van der Waals surface area contributed by atoms with Crippen molar-refractivity contribution in [2.45, 2.75) is 19.4 Å². The van der Waals surface area contributed by atoms with Gasteiger partial charge in [-0.1, -0.05) is 0 Å². The minimum absolute atomic E-state index is 0.0315. The van der Waals surface area contributed by atoms with E-state index in [0.29, 0.717) is 5.95 Å². The molecule has 2 heterocycles. The normalized spacial score (nSPS) is 19.2. The molecule has 0 bridgehead atoms. The highest BCUT2D eigenvalue weighted by atomic mass is 16.5. The fourth-order valence-corrected chi connectivity index (χ4v) is 3.83. The van der Waals surface area contributed by atoms with Crippen molar-refractivity contribution in [3.8, 4) is 0 Å². The molecule has 32 heavy (non-hydrogen) atoms. The number of anilines is 4. The number of rotatable bonds is 7. The number of nitrogens with one attached hydrogen (secondary N) is 2. The predicted molar refractivity (Wildman–Crippen MR) is 128 cm³/mol. The number of ether oxygens (including phenoxy) is 2. The van der Waals surface area contributed by atoms with Crippen LogP contribution in [0.15, 0.2) is 54.1 Å². The third-order valence-electron chi connectivity index (χ3n) is 5.87. The Bertz CT molecular complexity index is 980. The number of allylic oxidation sites excluding steroid dienone is 1. The van der Waals surface area contributed by atoms with E-state index in [1.54, 1.807) is 14.2 Å². The Morgan fingerprint density at radius 1 is 1.03 bits per heavy atom. The zero-order chi connectivity index (χ0) is 22.5. The highest BCUT2D eigenvalue weighted by Gasteiger charge is 2.17. The van der Waals surface area contributed by atoms with Crippen LogP contribution in [-0.2, 0) is 9.47 Å². The van der Waals surface area contributed by atoms with Crippen molar-refractivity contribution < 1.29 is 9.47 Å². The van der Waals surface area contributed by atoms with Crippen LogP contribution in [0.1, 0.15) is 12.0 Å². The zero-order valence-corrected chi connectivity index (χ0v) is 19.3. The lowest BCUT2D eigenvalue weighted by Crippen LogP contribution is -2.44. The van der Waals surface area contributed by atoms with Gasteiger partial charge in [0.05, 0.1) is 13.2 Å². The van der Waals surface area contributed by atoms with Crippen LogP contribution in [0.3, 0.4) is 0 Å². The second kappa shape index (κ2) is 10.0. The monoisotopic (exact) mass is 436 g/mol. The number of likely N-dealkylation sites (N-methyl/N-ethyl adjacent to an activating group) is 1. The topological polar surface area (TPSA) is 74.8 Å². The third-order valence-corrected chi connectivity index (χ3v) is 5.87. The minimum Gasteiger partial charge on any atom is -0.497 e. The number of benzene rings is 1. The number of hydrogen-bond acceptors (Lipinski definition) is 8. The maximum atomic E-state index is 5.49. The number of hydrogen-bond donors (Lipinski definition) is 2. The largest absolute Gasteiger partial charge is 0.497 e. The van der Waals surface area contributed by atoms with Crippen molar-refractivity contribution in [2.75, 3.05) is 63.0 Å². The van der Waals surface area contributed by atoms with Crippen LogP contribution in [0.4, 0.5) is 23.1 Å². The molecule has 170 valence electrons. The van der Waals surface area contributed by atoms with Gasteiger partial charge in [0.15, 0.2) is 0 Å². The van der Waals surface area contributed by atoms with Crippen molar-refractivity contribution in [3.05, 3.63) is 59.6 Å². The second-order valence-electron chi connectivity index (χ2n) is 8.23. The van der Waals surface area contributed by atoms with Gasteiger partial charge in [0.2, 0.25) is 5.95 Å². The lowest BCUT2D eigenvalue weighted by molar-refractivity contribution is 0.134. The molecule has 0 saturated carbocycles. The summed E-state index contributed by atoms with van der Waals surface area (Å²) in [6.45, 7) is 6.28. The molecule has 1 aliphatic heterocycles. The molecular formula is C24H32N6O2. The van der Waals surface area contributed by atoms with E-state index in [1.807, 2.05) is 25.3 Å². The van der Waals surface area contributed by atoms with E-state index in [-0.39, 0.29) is 6.10 Å². The Hall–Kier alpha value is -3.10. The SMILES string of the molecule is COC1=CC(OC)CC(Nc2nc(Nc3ccc(N4CCN(C)CC4)cc3)ncc2C)=C1. The van der Waals surface area contributed by atoms with Crippen LogP contribution >= 0.6 is 0 Å². The first-order valence-electron chi connectivity index (χ1n) is 10.9. The number of nitrogens with zero attached hydrogens (tertiary/aromatic N) is 4. The molecule has 1 aromatic carbocycles. The fraction of sp³-hybridized carbons (Fsp3) is 0.417. The van der Waals surface area contributed by atoms with Gasteiger partial charge in [0.1, 0.15) is 11.6 Å².